The summed E-state index contributed by atoms with van der Waals surface area (Å²) >= 11 is 0. The number of nitrogens with one attached hydrogen (secondary N) is 1. The zero-order valence-corrected chi connectivity index (χ0v) is 9.53. The third-order valence-corrected chi connectivity index (χ3v) is 2.68. The fraction of sp³-hybridized carbons (Fsp3) is 0.818. The molecular weight excluding hydrogens is 192 g/mol. The quantitative estimate of drug-likeness (QED) is 0.672. The molecule has 1 aliphatic heterocycles. The fourth-order valence-corrected chi connectivity index (χ4v) is 1.99. The molecule has 1 aliphatic rings. The Morgan fingerprint density at radius 1 is 1.60 bits per heavy atom. The van der Waals surface area contributed by atoms with Crippen molar-refractivity contribution in [1.82, 2.24) is 10.2 Å². The van der Waals surface area contributed by atoms with E-state index in [0.717, 1.165) is 19.3 Å². The molecule has 4 heteroatoms. The molecule has 0 bridgehead atoms. The lowest BCUT2D eigenvalue weighted by molar-refractivity contribution is -0.126. The van der Waals surface area contributed by atoms with Crippen LogP contribution in [0.25, 0.3) is 0 Å². The first-order valence-corrected chi connectivity index (χ1v) is 5.58. The molecule has 0 aromatic rings. The van der Waals surface area contributed by atoms with Gasteiger partial charge < -0.3 is 10.1 Å². The van der Waals surface area contributed by atoms with Crippen molar-refractivity contribution in [2.75, 3.05) is 19.6 Å². The molecule has 1 atom stereocenters. The van der Waals surface area contributed by atoms with E-state index in [0.29, 0.717) is 31.5 Å². The van der Waals surface area contributed by atoms with Crippen LogP contribution in [0, 0.1) is 5.92 Å². The summed E-state index contributed by atoms with van der Waals surface area (Å²) in [7, 11) is 0. The number of hydrogen-bond donors (Lipinski definition) is 1. The van der Waals surface area contributed by atoms with Crippen molar-refractivity contribution < 1.29 is 9.59 Å². The van der Waals surface area contributed by atoms with Gasteiger partial charge in [0.1, 0.15) is 6.29 Å². The van der Waals surface area contributed by atoms with E-state index in [2.05, 4.69) is 24.1 Å². The molecule has 1 N–H and O–H groups in total. The van der Waals surface area contributed by atoms with Crippen LogP contribution < -0.4 is 5.32 Å². The molecule has 1 heterocycles. The highest BCUT2D eigenvalue weighted by Crippen LogP contribution is 2.13. The number of rotatable bonds is 5. The van der Waals surface area contributed by atoms with E-state index in [9.17, 15) is 9.59 Å². The van der Waals surface area contributed by atoms with Gasteiger partial charge in [0.05, 0.1) is 6.54 Å². The van der Waals surface area contributed by atoms with Gasteiger partial charge in [-0.3, -0.25) is 9.69 Å². The summed E-state index contributed by atoms with van der Waals surface area (Å²) in [5.74, 6) is 0.685. The minimum Gasteiger partial charge on any atom is -0.353 e. The van der Waals surface area contributed by atoms with Crippen LogP contribution >= 0.6 is 0 Å². The summed E-state index contributed by atoms with van der Waals surface area (Å²) in [5.41, 5.74) is 0. The van der Waals surface area contributed by atoms with Crippen LogP contribution in [0.5, 0.6) is 0 Å². The van der Waals surface area contributed by atoms with Crippen molar-refractivity contribution in [3.8, 4) is 0 Å². The SMILES string of the molecule is CC(C)CC1CNC(=O)CN1CCC=O. The highest BCUT2D eigenvalue weighted by atomic mass is 16.2. The Hall–Kier alpha value is -0.900. The second-order valence-electron chi connectivity index (χ2n) is 4.51. The van der Waals surface area contributed by atoms with Crippen LogP contribution in [0.2, 0.25) is 0 Å². The van der Waals surface area contributed by atoms with Crippen molar-refractivity contribution in [2.24, 2.45) is 5.92 Å². The molecule has 15 heavy (non-hydrogen) atoms. The maximum Gasteiger partial charge on any atom is 0.234 e. The monoisotopic (exact) mass is 212 g/mol. The lowest BCUT2D eigenvalue weighted by atomic mass is 10.0. The Morgan fingerprint density at radius 3 is 2.93 bits per heavy atom. The maximum atomic E-state index is 11.2. The highest BCUT2D eigenvalue weighted by Gasteiger charge is 2.26. The average Bonchev–Trinajstić information content (AvgIpc) is 2.18. The van der Waals surface area contributed by atoms with Crippen LogP contribution in [-0.4, -0.2) is 42.8 Å². The van der Waals surface area contributed by atoms with Gasteiger partial charge in [-0.15, -0.1) is 0 Å². The predicted octanol–water partition coefficient (Wildman–Crippen LogP) is 0.422. The molecule has 0 saturated carbocycles. The van der Waals surface area contributed by atoms with Crippen LogP contribution in [0.4, 0.5) is 0 Å². The highest BCUT2D eigenvalue weighted by molar-refractivity contribution is 5.78. The summed E-state index contributed by atoms with van der Waals surface area (Å²) in [5, 5.41) is 2.87. The van der Waals surface area contributed by atoms with E-state index in [-0.39, 0.29) is 5.91 Å². The molecule has 4 nitrogen and oxygen atoms in total. The van der Waals surface area contributed by atoms with Crippen LogP contribution in [0.3, 0.4) is 0 Å². The minimum atomic E-state index is 0.0703. The second-order valence-corrected chi connectivity index (χ2v) is 4.51. The van der Waals surface area contributed by atoms with E-state index in [1.165, 1.54) is 0 Å². The zero-order valence-electron chi connectivity index (χ0n) is 9.53. The normalized spacial score (nSPS) is 22.9. The molecule has 1 amide bonds. The van der Waals surface area contributed by atoms with E-state index in [1.807, 2.05) is 0 Å². The predicted molar refractivity (Wildman–Crippen MR) is 58.5 cm³/mol. The first kappa shape index (κ1) is 12.2. The van der Waals surface area contributed by atoms with E-state index < -0.39 is 0 Å². The third kappa shape index (κ3) is 4.00. The van der Waals surface area contributed by atoms with E-state index in [4.69, 9.17) is 0 Å². The Morgan fingerprint density at radius 2 is 2.33 bits per heavy atom. The van der Waals surface area contributed by atoms with Crippen LogP contribution in [0.15, 0.2) is 0 Å². The number of piperazine rings is 1. The molecule has 0 aliphatic carbocycles. The fourth-order valence-electron chi connectivity index (χ4n) is 1.99. The lowest BCUT2D eigenvalue weighted by Gasteiger charge is -2.36. The summed E-state index contributed by atoms with van der Waals surface area (Å²) in [6.45, 7) is 6.21. The number of nitrogens with zero attached hydrogens (tertiary/aromatic N) is 1. The van der Waals surface area contributed by atoms with Gasteiger partial charge in [-0.2, -0.15) is 0 Å². The van der Waals surface area contributed by atoms with E-state index in [1.54, 1.807) is 0 Å². The van der Waals surface area contributed by atoms with Gasteiger partial charge in [0.25, 0.3) is 0 Å². The molecule has 0 radical (unpaired) electrons. The van der Waals surface area contributed by atoms with Crippen molar-refractivity contribution in [2.45, 2.75) is 32.7 Å². The number of carbonyl (C=O) groups is 2. The summed E-state index contributed by atoms with van der Waals surface area (Å²) in [4.78, 5) is 23.7. The Balaban J connectivity index is 2.49. The zero-order chi connectivity index (χ0) is 11.3. The van der Waals surface area contributed by atoms with Gasteiger partial charge in [0.15, 0.2) is 0 Å². The molecular formula is C11H20N2O2. The second kappa shape index (κ2) is 5.85. The number of aldehydes is 1. The summed E-state index contributed by atoms with van der Waals surface area (Å²) in [6.07, 6.45) is 2.50. The van der Waals surface area contributed by atoms with Crippen molar-refractivity contribution in [3.05, 3.63) is 0 Å². The Labute approximate surface area is 91.0 Å². The van der Waals surface area contributed by atoms with Crippen LogP contribution in [0.1, 0.15) is 26.7 Å². The van der Waals surface area contributed by atoms with Crippen LogP contribution in [-0.2, 0) is 9.59 Å². The topological polar surface area (TPSA) is 49.4 Å². The molecule has 1 rings (SSSR count). The molecule has 1 fully saturated rings. The first-order chi connectivity index (χ1) is 7.13. The van der Waals surface area contributed by atoms with Gasteiger partial charge in [-0.05, 0) is 12.3 Å². The van der Waals surface area contributed by atoms with Crippen molar-refractivity contribution in [3.63, 3.8) is 0 Å². The van der Waals surface area contributed by atoms with Crippen molar-refractivity contribution >= 4 is 12.2 Å². The molecule has 86 valence electrons. The van der Waals surface area contributed by atoms with Gasteiger partial charge in [0.2, 0.25) is 5.91 Å². The molecule has 0 spiro atoms. The first-order valence-electron chi connectivity index (χ1n) is 5.58. The van der Waals surface area contributed by atoms with Gasteiger partial charge in [0, 0.05) is 25.6 Å². The maximum absolute atomic E-state index is 11.2. The lowest BCUT2D eigenvalue weighted by Crippen LogP contribution is -2.54. The van der Waals surface area contributed by atoms with Gasteiger partial charge in [-0.25, -0.2) is 0 Å². The Bertz CT molecular complexity index is 229. The standard InChI is InChI=1S/C11H20N2O2/c1-9(2)6-10-7-12-11(15)8-13(10)4-3-5-14/h5,9-10H,3-4,6-8H2,1-2H3,(H,12,15). The Kier molecular flexibility index (Phi) is 4.75. The number of amides is 1. The largest absolute Gasteiger partial charge is 0.353 e. The molecule has 1 unspecified atom stereocenters. The number of hydrogen-bond acceptors (Lipinski definition) is 3. The molecule has 1 saturated heterocycles. The third-order valence-electron chi connectivity index (χ3n) is 2.68. The van der Waals surface area contributed by atoms with Gasteiger partial charge in [-0.1, -0.05) is 13.8 Å². The molecule has 0 aromatic carbocycles. The van der Waals surface area contributed by atoms with Crippen molar-refractivity contribution in [1.29, 1.82) is 0 Å². The average molecular weight is 212 g/mol. The summed E-state index contributed by atoms with van der Waals surface area (Å²) < 4.78 is 0. The minimum absolute atomic E-state index is 0.0703. The van der Waals surface area contributed by atoms with Gasteiger partial charge >= 0.3 is 0 Å². The smallest absolute Gasteiger partial charge is 0.234 e. The van der Waals surface area contributed by atoms with E-state index >= 15 is 0 Å². The molecule has 0 aromatic heterocycles. The number of carbonyl (C=O) groups excluding carboxylic acids is 2. The summed E-state index contributed by atoms with van der Waals surface area (Å²) in [6, 6.07) is 0.391.